The maximum atomic E-state index is 14.1. The molecule has 3 heteroatoms. The third-order valence-corrected chi connectivity index (χ3v) is 4.53. The Labute approximate surface area is 108 Å². The molecule has 1 heterocycles. The molecule has 98 valence electrons. The Kier molecular flexibility index (Phi) is 3.25. The van der Waals surface area contributed by atoms with Crippen LogP contribution in [-0.4, -0.2) is 19.6 Å². The Bertz CT molecular complexity index is 421. The lowest BCUT2D eigenvalue weighted by atomic mass is 10.0. The van der Waals surface area contributed by atoms with Gasteiger partial charge in [-0.1, -0.05) is 18.6 Å². The van der Waals surface area contributed by atoms with Crippen molar-refractivity contribution >= 4 is 5.69 Å². The number of hydrogen-bond acceptors (Lipinski definition) is 2. The summed E-state index contributed by atoms with van der Waals surface area (Å²) in [6, 6.07) is 5.38. The van der Waals surface area contributed by atoms with Crippen LogP contribution < -0.4 is 10.6 Å². The van der Waals surface area contributed by atoms with E-state index in [1.165, 1.54) is 19.3 Å². The molecule has 0 spiro atoms. The molecule has 0 aromatic heterocycles. The number of fused-ring (bicyclic) bond motifs is 1. The number of hydrogen-bond donors (Lipinski definition) is 1. The molecule has 0 amide bonds. The lowest BCUT2D eigenvalue weighted by molar-refractivity contribution is 0.494. The van der Waals surface area contributed by atoms with Gasteiger partial charge in [-0.2, -0.15) is 0 Å². The van der Waals surface area contributed by atoms with Crippen molar-refractivity contribution < 1.29 is 4.39 Å². The van der Waals surface area contributed by atoms with Crippen molar-refractivity contribution in [2.75, 3.05) is 24.5 Å². The van der Waals surface area contributed by atoms with Gasteiger partial charge in [0.05, 0.1) is 5.69 Å². The van der Waals surface area contributed by atoms with Crippen LogP contribution in [0.4, 0.5) is 10.1 Å². The summed E-state index contributed by atoms with van der Waals surface area (Å²) in [4.78, 5) is 2.26. The molecule has 3 rings (SSSR count). The van der Waals surface area contributed by atoms with Gasteiger partial charge in [0.15, 0.2) is 0 Å². The Morgan fingerprint density at radius 3 is 2.61 bits per heavy atom. The molecule has 2 atom stereocenters. The number of nitrogens with two attached hydrogens (primary N) is 1. The van der Waals surface area contributed by atoms with Crippen LogP contribution in [-0.2, 0) is 6.42 Å². The zero-order valence-corrected chi connectivity index (χ0v) is 10.7. The highest BCUT2D eigenvalue weighted by molar-refractivity contribution is 5.56. The molecular weight excluding hydrogens is 227 g/mol. The van der Waals surface area contributed by atoms with Gasteiger partial charge in [0, 0.05) is 13.1 Å². The Hall–Kier alpha value is -1.09. The average molecular weight is 248 g/mol. The molecule has 18 heavy (non-hydrogen) atoms. The average Bonchev–Trinajstić information content (AvgIpc) is 2.90. The molecule has 0 bridgehead atoms. The Morgan fingerprint density at radius 1 is 1.22 bits per heavy atom. The molecule has 2 fully saturated rings. The lowest BCUT2D eigenvalue weighted by Crippen LogP contribution is -2.24. The minimum absolute atomic E-state index is 0.0825. The lowest BCUT2D eigenvalue weighted by Gasteiger charge is -2.23. The molecule has 1 aliphatic carbocycles. The molecule has 2 N–H and O–H groups in total. The first kappa shape index (κ1) is 12.0. The summed E-state index contributed by atoms with van der Waals surface area (Å²) in [5.74, 6) is 1.49. The summed E-state index contributed by atoms with van der Waals surface area (Å²) >= 11 is 0. The van der Waals surface area contributed by atoms with Gasteiger partial charge in [0.2, 0.25) is 0 Å². The molecule has 2 nitrogen and oxygen atoms in total. The second kappa shape index (κ2) is 4.88. The zero-order chi connectivity index (χ0) is 12.5. The normalized spacial score (nSPS) is 26.7. The molecule has 1 aromatic rings. The standard InChI is InChI=1S/C15H21FN2/c16-14-6-2-3-11(7-8-17)15(14)18-9-12-4-1-5-13(12)10-18/h2-3,6,12-13H,1,4-5,7-10,17H2. The van der Waals surface area contributed by atoms with Crippen molar-refractivity contribution in [3.05, 3.63) is 29.6 Å². The number of anilines is 1. The van der Waals surface area contributed by atoms with Crippen molar-refractivity contribution in [2.24, 2.45) is 17.6 Å². The van der Waals surface area contributed by atoms with Crippen LogP contribution >= 0.6 is 0 Å². The van der Waals surface area contributed by atoms with Gasteiger partial charge < -0.3 is 10.6 Å². The third kappa shape index (κ3) is 2.01. The SMILES string of the molecule is NCCc1cccc(F)c1N1CC2CCCC2C1. The van der Waals surface area contributed by atoms with Crippen molar-refractivity contribution in [3.63, 3.8) is 0 Å². The summed E-state index contributed by atoms with van der Waals surface area (Å²) < 4.78 is 14.1. The summed E-state index contributed by atoms with van der Waals surface area (Å²) in [6.45, 7) is 2.64. The molecule has 2 aliphatic rings. The van der Waals surface area contributed by atoms with Gasteiger partial charge in [0.1, 0.15) is 5.82 Å². The van der Waals surface area contributed by atoms with E-state index in [9.17, 15) is 4.39 Å². The van der Waals surface area contributed by atoms with E-state index in [1.807, 2.05) is 6.07 Å². The molecule has 1 saturated carbocycles. The van der Waals surface area contributed by atoms with Gasteiger partial charge in [-0.15, -0.1) is 0 Å². The molecule has 1 aromatic carbocycles. The quantitative estimate of drug-likeness (QED) is 0.890. The largest absolute Gasteiger partial charge is 0.368 e. The van der Waals surface area contributed by atoms with Crippen LogP contribution in [0, 0.1) is 17.7 Å². The van der Waals surface area contributed by atoms with Crippen LogP contribution in [0.5, 0.6) is 0 Å². The van der Waals surface area contributed by atoms with Crippen LogP contribution in [0.1, 0.15) is 24.8 Å². The number of halogens is 1. The fourth-order valence-corrected chi connectivity index (χ4v) is 3.69. The Morgan fingerprint density at radius 2 is 1.94 bits per heavy atom. The van der Waals surface area contributed by atoms with Crippen LogP contribution in [0.15, 0.2) is 18.2 Å². The number of rotatable bonds is 3. The van der Waals surface area contributed by atoms with E-state index in [1.54, 1.807) is 12.1 Å². The van der Waals surface area contributed by atoms with E-state index in [2.05, 4.69) is 4.90 Å². The van der Waals surface area contributed by atoms with E-state index in [0.717, 1.165) is 42.6 Å². The van der Waals surface area contributed by atoms with E-state index >= 15 is 0 Å². The Balaban J connectivity index is 1.87. The predicted octanol–water partition coefficient (Wildman–Crippen LogP) is 2.56. The van der Waals surface area contributed by atoms with Gasteiger partial charge in [-0.3, -0.25) is 0 Å². The number of benzene rings is 1. The first-order valence-corrected chi connectivity index (χ1v) is 7.02. The van der Waals surface area contributed by atoms with E-state index < -0.39 is 0 Å². The van der Waals surface area contributed by atoms with Crippen molar-refractivity contribution in [2.45, 2.75) is 25.7 Å². The van der Waals surface area contributed by atoms with E-state index in [-0.39, 0.29) is 5.82 Å². The highest BCUT2D eigenvalue weighted by Gasteiger charge is 2.37. The van der Waals surface area contributed by atoms with Crippen LogP contribution in [0.3, 0.4) is 0 Å². The molecular formula is C15H21FN2. The molecule has 2 unspecified atom stereocenters. The van der Waals surface area contributed by atoms with Gasteiger partial charge in [0.25, 0.3) is 0 Å². The molecule has 1 aliphatic heterocycles. The fourth-order valence-electron chi connectivity index (χ4n) is 3.69. The second-order valence-electron chi connectivity index (χ2n) is 5.64. The number of nitrogens with zero attached hydrogens (tertiary/aromatic N) is 1. The minimum Gasteiger partial charge on any atom is -0.368 e. The van der Waals surface area contributed by atoms with Crippen LogP contribution in [0.25, 0.3) is 0 Å². The predicted molar refractivity (Wildman–Crippen MR) is 72.2 cm³/mol. The summed E-state index contributed by atoms with van der Waals surface area (Å²) in [5.41, 5.74) is 7.51. The summed E-state index contributed by atoms with van der Waals surface area (Å²) in [7, 11) is 0. The van der Waals surface area contributed by atoms with Crippen molar-refractivity contribution in [1.82, 2.24) is 0 Å². The number of para-hydroxylation sites is 1. The summed E-state index contributed by atoms with van der Waals surface area (Å²) in [5, 5.41) is 0. The minimum atomic E-state index is -0.0825. The highest BCUT2D eigenvalue weighted by Crippen LogP contribution is 2.41. The first-order chi connectivity index (χ1) is 8.79. The third-order valence-electron chi connectivity index (χ3n) is 4.53. The van der Waals surface area contributed by atoms with Crippen LogP contribution in [0.2, 0.25) is 0 Å². The maximum absolute atomic E-state index is 14.1. The smallest absolute Gasteiger partial charge is 0.146 e. The van der Waals surface area contributed by atoms with E-state index in [4.69, 9.17) is 5.73 Å². The second-order valence-corrected chi connectivity index (χ2v) is 5.64. The van der Waals surface area contributed by atoms with Crippen molar-refractivity contribution in [1.29, 1.82) is 0 Å². The fraction of sp³-hybridized carbons (Fsp3) is 0.600. The maximum Gasteiger partial charge on any atom is 0.146 e. The summed E-state index contributed by atoms with van der Waals surface area (Å²) in [6.07, 6.45) is 4.76. The van der Waals surface area contributed by atoms with Gasteiger partial charge in [-0.25, -0.2) is 4.39 Å². The van der Waals surface area contributed by atoms with E-state index in [0.29, 0.717) is 6.54 Å². The van der Waals surface area contributed by atoms with Crippen molar-refractivity contribution in [3.8, 4) is 0 Å². The van der Waals surface area contributed by atoms with Gasteiger partial charge in [-0.05, 0) is 49.3 Å². The highest BCUT2D eigenvalue weighted by atomic mass is 19.1. The molecule has 1 saturated heterocycles. The first-order valence-electron chi connectivity index (χ1n) is 7.02. The topological polar surface area (TPSA) is 29.3 Å². The molecule has 0 radical (unpaired) electrons. The zero-order valence-electron chi connectivity index (χ0n) is 10.7. The monoisotopic (exact) mass is 248 g/mol. The van der Waals surface area contributed by atoms with Gasteiger partial charge >= 0.3 is 0 Å².